The fourth-order valence-corrected chi connectivity index (χ4v) is 2.42. The molecule has 1 nitrogen and oxygen atoms in total. The van der Waals surface area contributed by atoms with Gasteiger partial charge in [-0.1, -0.05) is 37.3 Å². The molecular weight excluding hydrogens is 335 g/mol. The van der Waals surface area contributed by atoms with Crippen LogP contribution in [0.5, 0.6) is 5.75 Å². The van der Waals surface area contributed by atoms with E-state index in [9.17, 15) is 0 Å². The van der Waals surface area contributed by atoms with Crippen molar-refractivity contribution in [2.75, 3.05) is 0 Å². The molecule has 2 rings (SSSR count). The summed E-state index contributed by atoms with van der Waals surface area (Å²) in [6, 6.07) is 16.7. The highest BCUT2D eigenvalue weighted by Gasteiger charge is 2.04. The van der Waals surface area contributed by atoms with Gasteiger partial charge in [-0.05, 0) is 65.3 Å². The average molecular weight is 352 g/mol. The van der Waals surface area contributed by atoms with Gasteiger partial charge in [0.25, 0.3) is 0 Å². The van der Waals surface area contributed by atoms with Gasteiger partial charge >= 0.3 is 0 Å². The molecule has 2 aromatic rings. The van der Waals surface area contributed by atoms with Gasteiger partial charge in [-0.3, -0.25) is 0 Å². The summed E-state index contributed by atoms with van der Waals surface area (Å²) in [5.74, 6) is 0.944. The Hall–Kier alpha value is -1.03. The molecule has 0 N–H and O–H groups in total. The molecule has 0 amide bonds. The lowest BCUT2D eigenvalue weighted by Gasteiger charge is -2.13. The molecule has 1 atom stereocenters. The summed E-state index contributed by atoms with van der Waals surface area (Å²) < 4.78 is 7.05. The molecule has 0 fully saturated rings. The molecule has 0 bridgehead atoms. The van der Waals surface area contributed by atoms with E-state index in [4.69, 9.17) is 4.74 Å². The van der Waals surface area contributed by atoms with Crippen molar-refractivity contribution in [3.05, 3.63) is 52.1 Å². The van der Waals surface area contributed by atoms with E-state index in [1.807, 2.05) is 12.1 Å². The lowest BCUT2D eigenvalue weighted by atomic mass is 10.1. The Kier molecular flexibility index (Phi) is 4.64. The third-order valence-corrected chi connectivity index (χ3v) is 3.89. The molecule has 0 saturated carbocycles. The highest BCUT2D eigenvalue weighted by atomic mass is 127. The SMILES string of the molecule is CCC(C)Oc1ccc(-c2ccccc2I)cc1. The first-order chi connectivity index (χ1) is 8.70. The van der Waals surface area contributed by atoms with Crippen molar-refractivity contribution in [3.8, 4) is 16.9 Å². The molecule has 0 radical (unpaired) electrons. The second-order valence-electron chi connectivity index (χ2n) is 4.34. The predicted molar refractivity (Wildman–Crippen MR) is 85.0 cm³/mol. The van der Waals surface area contributed by atoms with Gasteiger partial charge in [-0.25, -0.2) is 0 Å². The van der Waals surface area contributed by atoms with Gasteiger partial charge in [0.2, 0.25) is 0 Å². The van der Waals surface area contributed by atoms with Crippen LogP contribution in [0.3, 0.4) is 0 Å². The normalized spacial score (nSPS) is 12.2. The largest absolute Gasteiger partial charge is 0.491 e. The molecular formula is C16H17IO. The van der Waals surface area contributed by atoms with Crippen LogP contribution in [0.25, 0.3) is 11.1 Å². The van der Waals surface area contributed by atoms with E-state index in [2.05, 4.69) is 72.8 Å². The maximum Gasteiger partial charge on any atom is 0.119 e. The maximum absolute atomic E-state index is 5.78. The van der Waals surface area contributed by atoms with Crippen LogP contribution >= 0.6 is 22.6 Å². The third kappa shape index (κ3) is 3.25. The lowest BCUT2D eigenvalue weighted by Crippen LogP contribution is -2.09. The summed E-state index contributed by atoms with van der Waals surface area (Å²) in [5.41, 5.74) is 2.50. The van der Waals surface area contributed by atoms with Gasteiger partial charge in [-0.15, -0.1) is 0 Å². The van der Waals surface area contributed by atoms with E-state index in [1.54, 1.807) is 0 Å². The van der Waals surface area contributed by atoms with E-state index in [1.165, 1.54) is 14.7 Å². The van der Waals surface area contributed by atoms with Crippen LogP contribution in [-0.4, -0.2) is 6.10 Å². The molecule has 0 aliphatic heterocycles. The molecule has 1 unspecified atom stereocenters. The fourth-order valence-electron chi connectivity index (χ4n) is 1.72. The second kappa shape index (κ2) is 6.23. The van der Waals surface area contributed by atoms with Gasteiger partial charge in [0.15, 0.2) is 0 Å². The number of hydrogen-bond acceptors (Lipinski definition) is 1. The summed E-state index contributed by atoms with van der Waals surface area (Å²) >= 11 is 2.37. The fraction of sp³-hybridized carbons (Fsp3) is 0.250. The maximum atomic E-state index is 5.78. The van der Waals surface area contributed by atoms with Crippen molar-refractivity contribution < 1.29 is 4.74 Å². The van der Waals surface area contributed by atoms with Crippen LogP contribution in [0.4, 0.5) is 0 Å². The van der Waals surface area contributed by atoms with Crippen LogP contribution in [0.15, 0.2) is 48.5 Å². The Bertz CT molecular complexity index is 505. The van der Waals surface area contributed by atoms with E-state index in [-0.39, 0.29) is 6.10 Å². The molecule has 0 spiro atoms. The van der Waals surface area contributed by atoms with Crippen LogP contribution in [0.2, 0.25) is 0 Å². The van der Waals surface area contributed by atoms with Crippen LogP contribution in [0.1, 0.15) is 20.3 Å². The first kappa shape index (κ1) is 13.4. The Balaban J connectivity index is 2.20. The second-order valence-corrected chi connectivity index (χ2v) is 5.50. The number of ether oxygens (including phenoxy) is 1. The minimum atomic E-state index is 0.271. The Morgan fingerprint density at radius 3 is 2.33 bits per heavy atom. The van der Waals surface area contributed by atoms with Gasteiger partial charge in [0.1, 0.15) is 5.75 Å². The monoisotopic (exact) mass is 352 g/mol. The van der Waals surface area contributed by atoms with Crippen molar-refractivity contribution in [2.24, 2.45) is 0 Å². The van der Waals surface area contributed by atoms with Crippen LogP contribution in [-0.2, 0) is 0 Å². The van der Waals surface area contributed by atoms with Crippen molar-refractivity contribution in [1.82, 2.24) is 0 Å². The summed E-state index contributed by atoms with van der Waals surface area (Å²) in [5, 5.41) is 0. The van der Waals surface area contributed by atoms with E-state index in [0.717, 1.165) is 12.2 Å². The number of halogens is 1. The van der Waals surface area contributed by atoms with Crippen LogP contribution < -0.4 is 4.74 Å². The van der Waals surface area contributed by atoms with Crippen molar-refractivity contribution >= 4 is 22.6 Å². The van der Waals surface area contributed by atoms with E-state index in [0.29, 0.717) is 0 Å². The van der Waals surface area contributed by atoms with E-state index < -0.39 is 0 Å². The van der Waals surface area contributed by atoms with Gasteiger partial charge in [0, 0.05) is 3.57 Å². The Morgan fingerprint density at radius 2 is 1.72 bits per heavy atom. The highest BCUT2D eigenvalue weighted by molar-refractivity contribution is 14.1. The average Bonchev–Trinajstić information content (AvgIpc) is 2.40. The molecule has 0 aromatic heterocycles. The number of benzene rings is 2. The first-order valence-electron chi connectivity index (χ1n) is 6.22. The molecule has 0 aliphatic rings. The minimum Gasteiger partial charge on any atom is -0.491 e. The summed E-state index contributed by atoms with van der Waals surface area (Å²) in [6.07, 6.45) is 1.30. The minimum absolute atomic E-state index is 0.271. The zero-order valence-electron chi connectivity index (χ0n) is 10.7. The first-order valence-corrected chi connectivity index (χ1v) is 7.30. The molecule has 2 heteroatoms. The Labute approximate surface area is 122 Å². The van der Waals surface area contributed by atoms with E-state index >= 15 is 0 Å². The molecule has 0 aliphatic carbocycles. The molecule has 94 valence electrons. The highest BCUT2D eigenvalue weighted by Crippen LogP contribution is 2.27. The van der Waals surface area contributed by atoms with Gasteiger partial charge in [-0.2, -0.15) is 0 Å². The zero-order valence-corrected chi connectivity index (χ0v) is 12.8. The van der Waals surface area contributed by atoms with Gasteiger partial charge < -0.3 is 4.74 Å². The molecule has 2 aromatic carbocycles. The molecule has 0 heterocycles. The lowest BCUT2D eigenvalue weighted by molar-refractivity contribution is 0.217. The summed E-state index contributed by atoms with van der Waals surface area (Å²) in [7, 11) is 0. The zero-order chi connectivity index (χ0) is 13.0. The number of hydrogen-bond donors (Lipinski definition) is 0. The summed E-state index contributed by atoms with van der Waals surface area (Å²) in [4.78, 5) is 0. The number of rotatable bonds is 4. The Morgan fingerprint density at radius 1 is 1.06 bits per heavy atom. The van der Waals surface area contributed by atoms with Crippen molar-refractivity contribution in [3.63, 3.8) is 0 Å². The topological polar surface area (TPSA) is 9.23 Å². The smallest absolute Gasteiger partial charge is 0.119 e. The standard InChI is InChI=1S/C16H17IO/c1-3-12(2)18-14-10-8-13(9-11-14)15-6-4-5-7-16(15)17/h4-12H,3H2,1-2H3. The van der Waals surface area contributed by atoms with Crippen LogP contribution in [0, 0.1) is 3.57 Å². The quantitative estimate of drug-likeness (QED) is 0.693. The molecule has 18 heavy (non-hydrogen) atoms. The predicted octanol–water partition coefficient (Wildman–Crippen LogP) is 5.14. The third-order valence-electron chi connectivity index (χ3n) is 2.95. The van der Waals surface area contributed by atoms with Gasteiger partial charge in [0.05, 0.1) is 6.10 Å². The van der Waals surface area contributed by atoms with Crippen molar-refractivity contribution in [1.29, 1.82) is 0 Å². The van der Waals surface area contributed by atoms with Crippen molar-refractivity contribution in [2.45, 2.75) is 26.4 Å². The molecule has 0 saturated heterocycles. The summed E-state index contributed by atoms with van der Waals surface area (Å²) in [6.45, 7) is 4.22.